The van der Waals surface area contributed by atoms with Gasteiger partial charge in [-0.15, -0.1) is 0 Å². The molecule has 34 heavy (non-hydrogen) atoms. The monoisotopic (exact) mass is 469 g/mol. The summed E-state index contributed by atoms with van der Waals surface area (Å²) in [5.41, 5.74) is 4.62. The summed E-state index contributed by atoms with van der Waals surface area (Å²) in [5, 5.41) is 10.0. The van der Waals surface area contributed by atoms with Crippen LogP contribution in [0.15, 0.2) is 39.5 Å². The number of hydrogen-bond donors (Lipinski definition) is 1. The van der Waals surface area contributed by atoms with Crippen LogP contribution in [0.2, 0.25) is 0 Å². The van der Waals surface area contributed by atoms with Crippen LogP contribution in [0.3, 0.4) is 0 Å². The van der Waals surface area contributed by atoms with Crippen molar-refractivity contribution in [2.75, 3.05) is 0 Å². The van der Waals surface area contributed by atoms with Crippen molar-refractivity contribution in [3.63, 3.8) is 0 Å². The molecule has 0 fully saturated rings. The number of aryl methyl sites for hydroxylation is 3. The summed E-state index contributed by atoms with van der Waals surface area (Å²) in [6, 6.07) is 9.45. The number of hydrogen-bond acceptors (Lipinski definition) is 4. The van der Waals surface area contributed by atoms with Crippen molar-refractivity contribution in [3.05, 3.63) is 63.1 Å². The third kappa shape index (κ3) is 5.72. The van der Waals surface area contributed by atoms with Crippen LogP contribution in [-0.4, -0.2) is 15.6 Å². The van der Waals surface area contributed by atoms with Gasteiger partial charge in [0, 0.05) is 17.7 Å². The molecule has 6 heteroatoms. The summed E-state index contributed by atoms with van der Waals surface area (Å²) in [4.78, 5) is 24.6. The number of carboxylic acid groups (broad SMARTS) is 1. The molecule has 0 saturated heterocycles. The van der Waals surface area contributed by atoms with E-state index in [4.69, 9.17) is 9.15 Å². The number of fused-ring (bicyclic) bond motifs is 1. The normalized spacial score (nSPS) is 11.9. The molecule has 0 bridgehead atoms. The van der Waals surface area contributed by atoms with E-state index in [1.807, 2.05) is 58.0 Å². The first kappa shape index (κ1) is 27.2. The first-order valence-electron chi connectivity index (χ1n) is 12.5. The lowest BCUT2D eigenvalue weighted by Crippen LogP contribution is -2.20. The average Bonchev–Trinajstić information content (AvgIpc) is 3.14. The smallest absolute Gasteiger partial charge is 0.419 e. The van der Waals surface area contributed by atoms with E-state index in [1.54, 1.807) is 4.57 Å². The Balaban J connectivity index is 0.00000199. The first-order chi connectivity index (χ1) is 16.3. The maximum absolute atomic E-state index is 12.4. The quantitative estimate of drug-likeness (QED) is 0.350. The Morgan fingerprint density at radius 2 is 1.62 bits per heavy atom. The van der Waals surface area contributed by atoms with Gasteiger partial charge in [0.15, 0.2) is 5.58 Å². The van der Waals surface area contributed by atoms with Crippen LogP contribution in [0.4, 0.5) is 0 Å². The molecule has 0 aliphatic rings. The van der Waals surface area contributed by atoms with Crippen LogP contribution in [0, 0.1) is 0 Å². The zero-order valence-corrected chi connectivity index (χ0v) is 21.6. The van der Waals surface area contributed by atoms with Gasteiger partial charge in [0.2, 0.25) is 6.10 Å². The van der Waals surface area contributed by atoms with E-state index in [1.165, 1.54) is 0 Å². The minimum Gasteiger partial charge on any atom is -0.478 e. The number of benzene rings is 2. The second-order valence-corrected chi connectivity index (χ2v) is 8.46. The van der Waals surface area contributed by atoms with Crippen LogP contribution in [-0.2, 0) is 24.2 Å². The third-order valence-electron chi connectivity index (χ3n) is 5.79. The number of rotatable bonds is 10. The van der Waals surface area contributed by atoms with Crippen molar-refractivity contribution in [2.24, 2.45) is 0 Å². The number of aliphatic carboxylic acids is 1. The molecular formula is C28H39NO5. The summed E-state index contributed by atoms with van der Waals surface area (Å²) < 4.78 is 13.5. The standard InChI is InChI=1S/C26H33NO5.C2H6/c1-6-9-19-15-21-24(32-26(30)27(21)8-3)20(10-7-2)22(19)31-23(25(28)29)18-13-11-17(12-14-18)16(4)5;1-2/h11-16,23H,6-10H2,1-5H3,(H,28,29);1-2H3. The van der Waals surface area contributed by atoms with Gasteiger partial charge in [0.05, 0.1) is 5.52 Å². The summed E-state index contributed by atoms with van der Waals surface area (Å²) in [6.45, 7) is 14.7. The lowest BCUT2D eigenvalue weighted by atomic mass is 9.98. The van der Waals surface area contributed by atoms with E-state index in [9.17, 15) is 14.7 Å². The van der Waals surface area contributed by atoms with Gasteiger partial charge < -0.3 is 14.3 Å². The third-order valence-corrected chi connectivity index (χ3v) is 5.79. The van der Waals surface area contributed by atoms with Crippen LogP contribution in [0.5, 0.6) is 5.75 Å². The molecule has 2 aromatic carbocycles. The predicted octanol–water partition coefficient (Wildman–Crippen LogP) is 6.87. The van der Waals surface area contributed by atoms with E-state index in [2.05, 4.69) is 20.8 Å². The van der Waals surface area contributed by atoms with Crippen molar-refractivity contribution >= 4 is 17.1 Å². The maximum Gasteiger partial charge on any atom is 0.419 e. The Morgan fingerprint density at radius 1 is 1.03 bits per heavy atom. The van der Waals surface area contributed by atoms with Gasteiger partial charge in [-0.1, -0.05) is 78.6 Å². The molecule has 1 unspecified atom stereocenters. The molecule has 1 N–H and O–H groups in total. The van der Waals surface area contributed by atoms with E-state index in [-0.39, 0.29) is 0 Å². The van der Waals surface area contributed by atoms with Gasteiger partial charge >= 0.3 is 11.7 Å². The molecule has 0 aliphatic heterocycles. The van der Waals surface area contributed by atoms with Crippen molar-refractivity contribution in [2.45, 2.75) is 92.7 Å². The number of oxazole rings is 1. The van der Waals surface area contributed by atoms with Crippen LogP contribution < -0.4 is 10.5 Å². The highest BCUT2D eigenvalue weighted by Gasteiger charge is 2.27. The number of aromatic nitrogens is 1. The lowest BCUT2D eigenvalue weighted by molar-refractivity contribution is -0.145. The van der Waals surface area contributed by atoms with Crippen LogP contribution >= 0.6 is 0 Å². The van der Waals surface area contributed by atoms with Crippen LogP contribution in [0.25, 0.3) is 11.1 Å². The minimum absolute atomic E-state index is 0.355. The van der Waals surface area contributed by atoms with E-state index >= 15 is 0 Å². The Bertz CT molecular complexity index is 1140. The Labute approximate surface area is 202 Å². The van der Waals surface area contributed by atoms with Gasteiger partial charge in [-0.05, 0) is 42.9 Å². The van der Waals surface area contributed by atoms with Gasteiger partial charge in [0.25, 0.3) is 0 Å². The molecule has 0 saturated carbocycles. The first-order valence-corrected chi connectivity index (χ1v) is 12.5. The van der Waals surface area contributed by atoms with E-state index < -0.39 is 17.8 Å². The zero-order chi connectivity index (χ0) is 25.4. The molecule has 186 valence electrons. The molecule has 1 atom stereocenters. The summed E-state index contributed by atoms with van der Waals surface area (Å²) in [5.74, 6) is -0.578. The zero-order valence-electron chi connectivity index (χ0n) is 21.6. The largest absolute Gasteiger partial charge is 0.478 e. The highest BCUT2D eigenvalue weighted by molar-refractivity contribution is 5.82. The highest BCUT2D eigenvalue weighted by Crippen LogP contribution is 2.37. The minimum atomic E-state index is -1.15. The van der Waals surface area contributed by atoms with E-state index in [0.717, 1.165) is 35.0 Å². The number of carbonyl (C=O) groups is 1. The fraction of sp³-hybridized carbons (Fsp3) is 0.500. The Morgan fingerprint density at radius 3 is 2.12 bits per heavy atom. The fourth-order valence-corrected chi connectivity index (χ4v) is 4.12. The molecule has 3 aromatic rings. The van der Waals surface area contributed by atoms with Crippen LogP contribution in [0.1, 0.15) is 95.6 Å². The maximum atomic E-state index is 12.4. The Kier molecular flexibility index (Phi) is 9.97. The van der Waals surface area contributed by atoms with Gasteiger partial charge in [-0.3, -0.25) is 4.57 Å². The summed E-state index contributed by atoms with van der Waals surface area (Å²) in [6.07, 6.45) is 1.85. The molecule has 3 rings (SSSR count). The van der Waals surface area contributed by atoms with Gasteiger partial charge in [-0.2, -0.15) is 0 Å². The Hall–Kier alpha value is -3.02. The second kappa shape index (κ2) is 12.4. The van der Waals surface area contributed by atoms with Gasteiger partial charge in [0.1, 0.15) is 5.75 Å². The average molecular weight is 470 g/mol. The number of ether oxygens (including phenoxy) is 1. The molecule has 0 radical (unpaired) electrons. The van der Waals surface area contributed by atoms with Gasteiger partial charge in [-0.25, -0.2) is 9.59 Å². The van der Waals surface area contributed by atoms with Crippen molar-refractivity contribution in [1.82, 2.24) is 4.57 Å². The SMILES string of the molecule is CC.CCCc1cc2c(oc(=O)n2CC)c(CCC)c1OC(C(=O)O)c1ccc(C(C)C)cc1. The fourth-order valence-electron chi connectivity index (χ4n) is 4.12. The van der Waals surface area contributed by atoms with Crippen molar-refractivity contribution in [1.29, 1.82) is 0 Å². The molecule has 0 aliphatic carbocycles. The molecule has 1 aromatic heterocycles. The predicted molar refractivity (Wildman–Crippen MR) is 137 cm³/mol. The highest BCUT2D eigenvalue weighted by atomic mass is 16.5. The topological polar surface area (TPSA) is 81.7 Å². The summed E-state index contributed by atoms with van der Waals surface area (Å²) >= 11 is 0. The molecule has 0 amide bonds. The molecule has 6 nitrogen and oxygen atoms in total. The van der Waals surface area contributed by atoms with Crippen molar-refractivity contribution < 1.29 is 19.1 Å². The van der Waals surface area contributed by atoms with Crippen molar-refractivity contribution in [3.8, 4) is 5.75 Å². The van der Waals surface area contributed by atoms with E-state index in [0.29, 0.717) is 42.2 Å². The molecular weight excluding hydrogens is 430 g/mol. The summed E-state index contributed by atoms with van der Waals surface area (Å²) in [7, 11) is 0. The number of nitrogens with zero attached hydrogens (tertiary/aromatic N) is 1. The number of carboxylic acids is 1. The molecule has 1 heterocycles. The molecule has 0 spiro atoms. The lowest BCUT2D eigenvalue weighted by Gasteiger charge is -2.21. The second-order valence-electron chi connectivity index (χ2n) is 8.46.